The van der Waals surface area contributed by atoms with Crippen LogP contribution in [0, 0.1) is 17.1 Å². The van der Waals surface area contributed by atoms with Gasteiger partial charge in [-0.15, -0.1) is 11.6 Å². The van der Waals surface area contributed by atoms with Crippen LogP contribution in [0.3, 0.4) is 0 Å². The zero-order valence-corrected chi connectivity index (χ0v) is 10.8. The fourth-order valence-electron chi connectivity index (χ4n) is 1.63. The minimum Gasteiger partial charge on any atom is -0.489 e. The van der Waals surface area contributed by atoms with E-state index in [-0.39, 0.29) is 11.7 Å². The highest BCUT2D eigenvalue weighted by Gasteiger charge is 2.05. The van der Waals surface area contributed by atoms with Crippen molar-refractivity contribution in [1.82, 2.24) is 0 Å². The topological polar surface area (TPSA) is 33.0 Å². The van der Waals surface area contributed by atoms with Gasteiger partial charge in [0.15, 0.2) is 0 Å². The molecule has 0 saturated heterocycles. The second-order valence-corrected chi connectivity index (χ2v) is 4.25. The van der Waals surface area contributed by atoms with Crippen LogP contribution >= 0.6 is 11.6 Å². The summed E-state index contributed by atoms with van der Waals surface area (Å²) in [5, 5.41) is 8.70. The van der Waals surface area contributed by atoms with E-state index < -0.39 is 0 Å². The van der Waals surface area contributed by atoms with Gasteiger partial charge >= 0.3 is 0 Å². The van der Waals surface area contributed by atoms with Crippen LogP contribution in [-0.2, 0) is 12.5 Å². The monoisotopic (exact) mass is 275 g/mol. The molecule has 19 heavy (non-hydrogen) atoms. The lowest BCUT2D eigenvalue weighted by atomic mass is 10.1. The molecule has 2 rings (SSSR count). The highest BCUT2D eigenvalue weighted by molar-refractivity contribution is 6.17. The third-order valence-electron chi connectivity index (χ3n) is 2.64. The predicted octanol–water partition coefficient (Wildman–Crippen LogP) is 4.02. The van der Waals surface area contributed by atoms with Crippen molar-refractivity contribution in [2.75, 3.05) is 0 Å². The van der Waals surface area contributed by atoms with Gasteiger partial charge in [-0.25, -0.2) is 4.39 Å². The van der Waals surface area contributed by atoms with Crippen LogP contribution in [-0.4, -0.2) is 0 Å². The van der Waals surface area contributed by atoms with E-state index in [9.17, 15) is 4.39 Å². The molecule has 96 valence electrons. The molecule has 0 fully saturated rings. The molecule has 0 saturated carbocycles. The molecule has 0 amide bonds. The number of alkyl halides is 1. The van der Waals surface area contributed by atoms with Gasteiger partial charge < -0.3 is 4.74 Å². The predicted molar refractivity (Wildman–Crippen MR) is 71.4 cm³/mol. The van der Waals surface area contributed by atoms with Crippen molar-refractivity contribution in [3.63, 3.8) is 0 Å². The van der Waals surface area contributed by atoms with E-state index in [4.69, 9.17) is 21.6 Å². The first kappa shape index (κ1) is 13.4. The van der Waals surface area contributed by atoms with Gasteiger partial charge in [0.25, 0.3) is 0 Å². The Morgan fingerprint density at radius 1 is 1.16 bits per heavy atom. The minimum absolute atomic E-state index is 0.195. The zero-order valence-electron chi connectivity index (χ0n) is 10.1. The highest BCUT2D eigenvalue weighted by atomic mass is 35.5. The molecular formula is C15H11ClFNO. The second kappa shape index (κ2) is 6.21. The number of benzene rings is 2. The Bertz CT molecular complexity index is 605. The van der Waals surface area contributed by atoms with Crippen molar-refractivity contribution in [3.8, 4) is 11.8 Å². The van der Waals surface area contributed by atoms with Gasteiger partial charge in [0.1, 0.15) is 18.2 Å². The van der Waals surface area contributed by atoms with Gasteiger partial charge in [0.05, 0.1) is 17.5 Å². The average Bonchev–Trinajstić information content (AvgIpc) is 2.46. The van der Waals surface area contributed by atoms with E-state index in [0.717, 1.165) is 5.56 Å². The van der Waals surface area contributed by atoms with Crippen LogP contribution in [0.4, 0.5) is 4.39 Å². The van der Waals surface area contributed by atoms with E-state index in [1.54, 1.807) is 18.2 Å². The number of hydrogen-bond acceptors (Lipinski definition) is 2. The highest BCUT2D eigenvalue weighted by Crippen LogP contribution is 2.22. The molecule has 0 unspecified atom stereocenters. The largest absolute Gasteiger partial charge is 0.489 e. The Kier molecular flexibility index (Phi) is 4.38. The number of nitrogens with zero attached hydrogens (tertiary/aromatic N) is 1. The molecule has 0 spiro atoms. The Hall–Kier alpha value is -2.05. The first-order valence-corrected chi connectivity index (χ1v) is 6.22. The number of ether oxygens (including phenoxy) is 1. The molecule has 0 aliphatic heterocycles. The van der Waals surface area contributed by atoms with Gasteiger partial charge in [0.2, 0.25) is 0 Å². The van der Waals surface area contributed by atoms with Gasteiger partial charge in [-0.2, -0.15) is 5.26 Å². The quantitative estimate of drug-likeness (QED) is 0.790. The molecule has 0 radical (unpaired) electrons. The summed E-state index contributed by atoms with van der Waals surface area (Å²) in [5.41, 5.74) is 2.16. The fraction of sp³-hybridized carbons (Fsp3) is 0.133. The summed E-state index contributed by atoms with van der Waals surface area (Å²) in [7, 11) is 0. The third-order valence-corrected chi connectivity index (χ3v) is 2.93. The molecule has 0 aliphatic carbocycles. The smallest absolute Gasteiger partial charge is 0.124 e. The standard InChI is InChI=1S/C15H11ClFNO/c16-8-13-7-14(17)5-6-15(13)19-10-12-3-1-11(9-18)2-4-12/h1-7H,8,10H2. The number of halogens is 2. The molecule has 0 aromatic heterocycles. The minimum atomic E-state index is -0.332. The Morgan fingerprint density at radius 3 is 2.53 bits per heavy atom. The maximum Gasteiger partial charge on any atom is 0.124 e. The number of hydrogen-bond donors (Lipinski definition) is 0. The normalized spacial score (nSPS) is 9.95. The zero-order chi connectivity index (χ0) is 13.7. The van der Waals surface area contributed by atoms with Crippen LogP contribution in [0.25, 0.3) is 0 Å². The lowest BCUT2D eigenvalue weighted by molar-refractivity contribution is 0.303. The van der Waals surface area contributed by atoms with Crippen LogP contribution in [0.5, 0.6) is 5.75 Å². The summed E-state index contributed by atoms with van der Waals surface area (Å²) in [6, 6.07) is 13.4. The maximum atomic E-state index is 13.0. The first-order valence-electron chi connectivity index (χ1n) is 5.69. The molecule has 2 nitrogen and oxygen atoms in total. The lowest BCUT2D eigenvalue weighted by Crippen LogP contribution is -1.98. The Balaban J connectivity index is 2.07. The molecule has 4 heteroatoms. The Labute approximate surface area is 116 Å². The summed E-state index contributed by atoms with van der Waals surface area (Å²) in [5.74, 6) is 0.433. The lowest BCUT2D eigenvalue weighted by Gasteiger charge is -2.10. The summed E-state index contributed by atoms with van der Waals surface area (Å²) >= 11 is 5.74. The molecule has 0 aliphatic rings. The molecular weight excluding hydrogens is 265 g/mol. The molecule has 0 atom stereocenters. The van der Waals surface area contributed by atoms with Crippen molar-refractivity contribution in [3.05, 3.63) is 65.0 Å². The van der Waals surface area contributed by atoms with Gasteiger partial charge in [-0.05, 0) is 35.9 Å². The van der Waals surface area contributed by atoms with Crippen molar-refractivity contribution in [2.45, 2.75) is 12.5 Å². The molecule has 0 N–H and O–H groups in total. The van der Waals surface area contributed by atoms with Crippen molar-refractivity contribution in [2.24, 2.45) is 0 Å². The van der Waals surface area contributed by atoms with E-state index in [2.05, 4.69) is 6.07 Å². The van der Waals surface area contributed by atoms with E-state index >= 15 is 0 Å². The van der Waals surface area contributed by atoms with Crippen LogP contribution in [0.15, 0.2) is 42.5 Å². The SMILES string of the molecule is N#Cc1ccc(COc2ccc(F)cc2CCl)cc1. The van der Waals surface area contributed by atoms with Crippen molar-refractivity contribution < 1.29 is 9.13 Å². The van der Waals surface area contributed by atoms with Gasteiger partial charge in [-0.1, -0.05) is 12.1 Å². The van der Waals surface area contributed by atoms with Crippen LogP contribution in [0.2, 0.25) is 0 Å². The summed E-state index contributed by atoms with van der Waals surface area (Å²) < 4.78 is 18.6. The third kappa shape index (κ3) is 3.46. The number of rotatable bonds is 4. The van der Waals surface area contributed by atoms with Gasteiger partial charge in [-0.3, -0.25) is 0 Å². The second-order valence-electron chi connectivity index (χ2n) is 3.98. The molecule has 2 aromatic rings. The summed E-state index contributed by atoms with van der Waals surface area (Å²) in [4.78, 5) is 0. The molecule has 0 bridgehead atoms. The Morgan fingerprint density at radius 2 is 1.89 bits per heavy atom. The van der Waals surface area contributed by atoms with Gasteiger partial charge in [0, 0.05) is 5.56 Å². The summed E-state index contributed by atoms with van der Waals surface area (Å²) in [6.07, 6.45) is 0. The fourth-order valence-corrected chi connectivity index (χ4v) is 1.84. The van der Waals surface area contributed by atoms with Crippen LogP contribution in [0.1, 0.15) is 16.7 Å². The maximum absolute atomic E-state index is 13.0. The molecule has 0 heterocycles. The van der Waals surface area contributed by atoms with Crippen molar-refractivity contribution >= 4 is 11.6 Å². The van der Waals surface area contributed by atoms with E-state index in [1.807, 2.05) is 12.1 Å². The van der Waals surface area contributed by atoms with E-state index in [1.165, 1.54) is 12.1 Å². The van der Waals surface area contributed by atoms with E-state index in [0.29, 0.717) is 23.5 Å². The van der Waals surface area contributed by atoms with Crippen LogP contribution < -0.4 is 4.74 Å². The van der Waals surface area contributed by atoms with Crippen molar-refractivity contribution in [1.29, 1.82) is 5.26 Å². The summed E-state index contributed by atoms with van der Waals surface area (Å²) in [6.45, 7) is 0.348. The number of nitriles is 1. The molecule has 2 aromatic carbocycles. The first-order chi connectivity index (χ1) is 9.22. The average molecular weight is 276 g/mol.